The maximum Gasteiger partial charge on any atom is 0.288 e. The SMILES string of the molecule is CS(=O)(=O)CCN[C@@H]1CCCc2cc(SC(F)F)ccc21. The summed E-state index contributed by atoms with van der Waals surface area (Å²) in [5.41, 5.74) is 2.19. The fourth-order valence-corrected chi connectivity index (χ4v) is 3.65. The largest absolute Gasteiger partial charge is 0.309 e. The monoisotopic (exact) mass is 335 g/mol. The Bertz CT molecular complexity index is 591. The molecule has 0 unspecified atom stereocenters. The summed E-state index contributed by atoms with van der Waals surface area (Å²) in [7, 11) is -2.97. The zero-order valence-corrected chi connectivity index (χ0v) is 13.4. The van der Waals surface area contributed by atoms with Crippen molar-refractivity contribution in [2.45, 2.75) is 36.0 Å². The number of hydrogen-bond donors (Lipinski definition) is 1. The molecule has 1 aromatic rings. The standard InChI is InChI=1S/C14H19F2NO2S2/c1-21(18,19)8-7-17-13-4-2-3-10-9-11(20-14(15)16)5-6-12(10)13/h5-6,9,13-14,17H,2-4,7-8H2,1H3/t13-/m1/s1. The first-order valence-electron chi connectivity index (χ1n) is 6.84. The van der Waals surface area contributed by atoms with E-state index < -0.39 is 15.6 Å². The molecule has 0 radical (unpaired) electrons. The fraction of sp³-hybridized carbons (Fsp3) is 0.571. The van der Waals surface area contributed by atoms with Crippen molar-refractivity contribution in [2.75, 3.05) is 18.6 Å². The molecular weight excluding hydrogens is 316 g/mol. The van der Waals surface area contributed by atoms with Crippen molar-refractivity contribution in [1.29, 1.82) is 0 Å². The lowest BCUT2D eigenvalue weighted by atomic mass is 9.88. The predicted molar refractivity (Wildman–Crippen MR) is 81.7 cm³/mol. The van der Waals surface area contributed by atoms with Crippen LogP contribution in [0.3, 0.4) is 0 Å². The number of alkyl halides is 2. The van der Waals surface area contributed by atoms with Gasteiger partial charge in [-0.1, -0.05) is 17.8 Å². The van der Waals surface area contributed by atoms with E-state index in [0.717, 1.165) is 30.4 Å². The molecule has 0 saturated carbocycles. The predicted octanol–water partition coefficient (Wildman–Crippen LogP) is 3.01. The third kappa shape index (κ3) is 5.23. The highest BCUT2D eigenvalue weighted by molar-refractivity contribution is 7.99. The quantitative estimate of drug-likeness (QED) is 0.812. The summed E-state index contributed by atoms with van der Waals surface area (Å²) in [5, 5.41) is 3.26. The number of thioether (sulfide) groups is 1. The van der Waals surface area contributed by atoms with Gasteiger partial charge < -0.3 is 5.32 Å². The molecule has 1 aliphatic rings. The van der Waals surface area contributed by atoms with E-state index in [1.54, 1.807) is 6.07 Å². The van der Waals surface area contributed by atoms with Crippen LogP contribution in [-0.4, -0.2) is 32.7 Å². The van der Waals surface area contributed by atoms with Crippen LogP contribution in [0, 0.1) is 0 Å². The van der Waals surface area contributed by atoms with Crippen LogP contribution in [0.4, 0.5) is 8.78 Å². The Kier molecular flexibility index (Phi) is 5.62. The van der Waals surface area contributed by atoms with Crippen molar-refractivity contribution in [3.8, 4) is 0 Å². The van der Waals surface area contributed by atoms with Gasteiger partial charge in [0.15, 0.2) is 0 Å². The molecule has 0 aromatic heterocycles. The molecule has 21 heavy (non-hydrogen) atoms. The van der Waals surface area contributed by atoms with Crippen LogP contribution in [-0.2, 0) is 16.3 Å². The summed E-state index contributed by atoms with van der Waals surface area (Å²) in [6.45, 7) is 0.413. The van der Waals surface area contributed by atoms with E-state index >= 15 is 0 Å². The third-order valence-corrected chi connectivity index (χ3v) is 5.17. The number of hydrogen-bond acceptors (Lipinski definition) is 4. The van der Waals surface area contributed by atoms with Gasteiger partial charge in [-0.25, -0.2) is 8.42 Å². The molecular formula is C14H19F2NO2S2. The van der Waals surface area contributed by atoms with Crippen molar-refractivity contribution in [3.05, 3.63) is 29.3 Å². The number of rotatable bonds is 6. The number of halogens is 2. The Morgan fingerprint density at radius 2 is 2.19 bits per heavy atom. The zero-order valence-electron chi connectivity index (χ0n) is 11.8. The summed E-state index contributed by atoms with van der Waals surface area (Å²) in [6.07, 6.45) is 4.03. The van der Waals surface area contributed by atoms with Gasteiger partial charge in [0.2, 0.25) is 0 Å². The molecule has 1 aromatic carbocycles. The number of nitrogens with one attached hydrogen (secondary N) is 1. The first-order valence-corrected chi connectivity index (χ1v) is 9.78. The Hall–Kier alpha value is -0.660. The molecule has 0 heterocycles. The molecule has 0 saturated heterocycles. The highest BCUT2D eigenvalue weighted by Gasteiger charge is 2.20. The van der Waals surface area contributed by atoms with Crippen molar-refractivity contribution < 1.29 is 17.2 Å². The fourth-order valence-electron chi connectivity index (χ4n) is 2.60. The Labute approximate surface area is 128 Å². The molecule has 7 heteroatoms. The Morgan fingerprint density at radius 3 is 2.86 bits per heavy atom. The van der Waals surface area contributed by atoms with Crippen LogP contribution >= 0.6 is 11.8 Å². The van der Waals surface area contributed by atoms with E-state index in [0.29, 0.717) is 23.2 Å². The van der Waals surface area contributed by atoms with E-state index in [4.69, 9.17) is 0 Å². The average molecular weight is 335 g/mol. The van der Waals surface area contributed by atoms with E-state index in [9.17, 15) is 17.2 Å². The van der Waals surface area contributed by atoms with Crippen LogP contribution in [0.25, 0.3) is 0 Å². The van der Waals surface area contributed by atoms with Crippen molar-refractivity contribution in [1.82, 2.24) is 5.32 Å². The van der Waals surface area contributed by atoms with Crippen LogP contribution in [0.2, 0.25) is 0 Å². The van der Waals surface area contributed by atoms with Gasteiger partial charge in [-0.15, -0.1) is 0 Å². The van der Waals surface area contributed by atoms with Crippen molar-refractivity contribution in [2.24, 2.45) is 0 Å². The van der Waals surface area contributed by atoms with Gasteiger partial charge in [-0.3, -0.25) is 0 Å². The minimum Gasteiger partial charge on any atom is -0.309 e. The van der Waals surface area contributed by atoms with Crippen LogP contribution in [0.5, 0.6) is 0 Å². The summed E-state index contributed by atoms with van der Waals surface area (Å²) in [4.78, 5) is 0.584. The molecule has 1 aliphatic carbocycles. The topological polar surface area (TPSA) is 46.2 Å². The van der Waals surface area contributed by atoms with Crippen LogP contribution in [0.1, 0.15) is 30.0 Å². The molecule has 1 atom stereocenters. The molecule has 2 rings (SSSR count). The van der Waals surface area contributed by atoms with Gasteiger partial charge in [0, 0.05) is 23.7 Å². The molecule has 1 N–H and O–H groups in total. The van der Waals surface area contributed by atoms with Gasteiger partial charge in [0.25, 0.3) is 5.76 Å². The second kappa shape index (κ2) is 7.07. The first kappa shape index (κ1) is 16.7. The molecule has 0 fully saturated rings. The van der Waals surface area contributed by atoms with Gasteiger partial charge in [-0.2, -0.15) is 8.78 Å². The molecule has 0 amide bonds. The molecule has 118 valence electrons. The lowest BCUT2D eigenvalue weighted by molar-refractivity contribution is 0.252. The van der Waals surface area contributed by atoms with Gasteiger partial charge >= 0.3 is 0 Å². The van der Waals surface area contributed by atoms with E-state index in [1.807, 2.05) is 12.1 Å². The van der Waals surface area contributed by atoms with Crippen molar-refractivity contribution >= 4 is 21.6 Å². The zero-order chi connectivity index (χ0) is 15.5. The average Bonchev–Trinajstić information content (AvgIpc) is 2.36. The number of benzene rings is 1. The Morgan fingerprint density at radius 1 is 1.43 bits per heavy atom. The number of aryl methyl sites for hydroxylation is 1. The second-order valence-electron chi connectivity index (χ2n) is 5.27. The lowest BCUT2D eigenvalue weighted by Gasteiger charge is -2.27. The van der Waals surface area contributed by atoms with E-state index in [1.165, 1.54) is 6.26 Å². The second-order valence-corrected chi connectivity index (χ2v) is 8.59. The summed E-state index contributed by atoms with van der Waals surface area (Å²) in [5.74, 6) is -2.30. The summed E-state index contributed by atoms with van der Waals surface area (Å²) < 4.78 is 47.1. The minimum atomic E-state index is -2.97. The molecule has 0 bridgehead atoms. The van der Waals surface area contributed by atoms with E-state index in [-0.39, 0.29) is 11.8 Å². The number of fused-ring (bicyclic) bond motifs is 1. The van der Waals surface area contributed by atoms with Gasteiger partial charge in [-0.05, 0) is 42.5 Å². The molecule has 3 nitrogen and oxygen atoms in total. The first-order chi connectivity index (χ1) is 9.85. The van der Waals surface area contributed by atoms with Crippen molar-refractivity contribution in [3.63, 3.8) is 0 Å². The smallest absolute Gasteiger partial charge is 0.288 e. The maximum atomic E-state index is 12.4. The minimum absolute atomic E-state index is 0.109. The number of sulfone groups is 1. The summed E-state index contributed by atoms with van der Waals surface area (Å²) in [6, 6.07) is 5.54. The van der Waals surface area contributed by atoms with Gasteiger partial charge in [0.05, 0.1) is 5.75 Å². The summed E-state index contributed by atoms with van der Waals surface area (Å²) >= 11 is 0.561. The lowest BCUT2D eigenvalue weighted by Crippen LogP contribution is -2.29. The maximum absolute atomic E-state index is 12.4. The van der Waals surface area contributed by atoms with Crippen LogP contribution < -0.4 is 5.32 Å². The normalized spacial score (nSPS) is 18.8. The molecule has 0 spiro atoms. The molecule has 0 aliphatic heterocycles. The van der Waals surface area contributed by atoms with Gasteiger partial charge in [0.1, 0.15) is 9.84 Å². The van der Waals surface area contributed by atoms with E-state index in [2.05, 4.69) is 5.32 Å². The highest BCUT2D eigenvalue weighted by atomic mass is 32.2. The Balaban J connectivity index is 2.05. The highest BCUT2D eigenvalue weighted by Crippen LogP contribution is 2.34. The van der Waals surface area contributed by atoms with Crippen LogP contribution in [0.15, 0.2) is 23.1 Å². The third-order valence-electron chi connectivity index (χ3n) is 3.52.